The van der Waals surface area contributed by atoms with Crippen molar-refractivity contribution in [2.45, 2.75) is 122 Å². The van der Waals surface area contributed by atoms with Gasteiger partial charge in [0.25, 0.3) is 0 Å². The van der Waals surface area contributed by atoms with Crippen LogP contribution in [-0.4, -0.2) is 40.3 Å². The van der Waals surface area contributed by atoms with Crippen molar-refractivity contribution in [2.24, 2.45) is 0 Å². The van der Waals surface area contributed by atoms with Crippen LogP contribution in [0.2, 0.25) is 0 Å². The minimum atomic E-state index is -2.42. The molecular weight excluding hydrogens is 399 g/mol. The summed E-state index contributed by atoms with van der Waals surface area (Å²) < 4.78 is 4.32. The number of unbranched alkanes of at least 4 members (excludes halogenated alkanes) is 14. The summed E-state index contributed by atoms with van der Waals surface area (Å²) >= 11 is 0. The topological polar surface area (TPSA) is 124 Å². The number of carboxylic acids is 1. The smallest absolute Gasteiger partial charge is 0.547 e. The van der Waals surface area contributed by atoms with Crippen molar-refractivity contribution in [3.63, 3.8) is 0 Å². The Morgan fingerprint density at radius 2 is 1.07 bits per heavy atom. The van der Waals surface area contributed by atoms with Crippen LogP contribution < -0.4 is 34.7 Å². The van der Waals surface area contributed by atoms with Crippen LogP contribution >= 0.6 is 0 Å². The van der Waals surface area contributed by atoms with Gasteiger partial charge in [0.05, 0.1) is 5.97 Å². The molecule has 0 aliphatic rings. The van der Waals surface area contributed by atoms with E-state index >= 15 is 0 Å². The largest absolute Gasteiger partial charge is 1.00 e. The van der Waals surface area contributed by atoms with Crippen LogP contribution in [0.5, 0.6) is 0 Å². The standard InChI is InChI=1S/C22H40O7.Na/c1-2-3-4-5-6-7-8-9-10-11-12-13-14-15-16-17-18(23)29-22(28)20(25)19(24)21(26)27;/h19-20,24-25H,2-17H2,1H3,(H,26,27);/q;+1/p-1. The van der Waals surface area contributed by atoms with Gasteiger partial charge in [-0.1, -0.05) is 96.8 Å². The monoisotopic (exact) mass is 438 g/mol. The number of carboxylic acid groups (broad SMARTS) is 1. The second-order valence-electron chi connectivity index (χ2n) is 7.70. The van der Waals surface area contributed by atoms with Crippen LogP contribution in [0.1, 0.15) is 110 Å². The second kappa shape index (κ2) is 21.8. The number of aliphatic hydroxyl groups is 2. The number of rotatable bonds is 19. The number of carbonyl (C=O) groups is 3. The molecule has 170 valence electrons. The van der Waals surface area contributed by atoms with Gasteiger partial charge in [-0.25, -0.2) is 4.79 Å². The maximum absolute atomic E-state index is 11.5. The minimum absolute atomic E-state index is 0. The maximum atomic E-state index is 11.5. The van der Waals surface area contributed by atoms with E-state index in [2.05, 4.69) is 11.7 Å². The Balaban J connectivity index is 0. The van der Waals surface area contributed by atoms with Crippen LogP contribution in [0, 0.1) is 0 Å². The van der Waals surface area contributed by atoms with Crippen molar-refractivity contribution in [1.29, 1.82) is 0 Å². The molecule has 0 saturated carbocycles. The zero-order valence-corrected chi connectivity index (χ0v) is 20.9. The third-order valence-electron chi connectivity index (χ3n) is 4.98. The van der Waals surface area contributed by atoms with E-state index in [4.69, 9.17) is 5.11 Å². The van der Waals surface area contributed by atoms with E-state index in [0.29, 0.717) is 6.42 Å². The van der Waals surface area contributed by atoms with E-state index in [9.17, 15) is 24.6 Å². The van der Waals surface area contributed by atoms with Crippen LogP contribution in [0.4, 0.5) is 0 Å². The van der Waals surface area contributed by atoms with Crippen LogP contribution in [0.3, 0.4) is 0 Å². The predicted molar refractivity (Wildman–Crippen MR) is 108 cm³/mol. The zero-order valence-electron chi connectivity index (χ0n) is 18.9. The molecule has 0 bridgehead atoms. The fourth-order valence-corrected chi connectivity index (χ4v) is 3.12. The van der Waals surface area contributed by atoms with Gasteiger partial charge < -0.3 is 24.9 Å². The van der Waals surface area contributed by atoms with Gasteiger partial charge >= 0.3 is 41.5 Å². The molecule has 0 amide bonds. The fourth-order valence-electron chi connectivity index (χ4n) is 3.12. The van der Waals surface area contributed by atoms with Crippen molar-refractivity contribution in [3.8, 4) is 0 Å². The van der Waals surface area contributed by atoms with Gasteiger partial charge in [0.2, 0.25) is 0 Å². The summed E-state index contributed by atoms with van der Waals surface area (Å²) in [5.41, 5.74) is 0. The number of aliphatic carboxylic acids is 1. The number of hydrogen-bond donors (Lipinski definition) is 2. The summed E-state index contributed by atoms with van der Waals surface area (Å²) in [6, 6.07) is 0. The summed E-state index contributed by atoms with van der Waals surface area (Å²) in [5.74, 6) is -4.33. The molecular formula is C22H39NaO7. The quantitative estimate of drug-likeness (QED) is 0.124. The Labute approximate surface area is 203 Å². The first kappa shape index (κ1) is 31.7. The first-order valence-corrected chi connectivity index (χ1v) is 11.2. The molecule has 2 atom stereocenters. The molecule has 0 heterocycles. The number of ether oxygens (including phenoxy) is 1. The van der Waals surface area contributed by atoms with Gasteiger partial charge in [-0.2, -0.15) is 0 Å². The van der Waals surface area contributed by atoms with Gasteiger partial charge in [0.1, 0.15) is 6.10 Å². The molecule has 2 unspecified atom stereocenters. The Hall–Kier alpha value is -0.470. The van der Waals surface area contributed by atoms with E-state index in [1.54, 1.807) is 0 Å². The van der Waals surface area contributed by atoms with Crippen molar-refractivity contribution in [1.82, 2.24) is 0 Å². The Morgan fingerprint density at radius 3 is 1.43 bits per heavy atom. The third kappa shape index (κ3) is 18.3. The maximum Gasteiger partial charge on any atom is 1.00 e. The predicted octanol–water partition coefficient (Wildman–Crippen LogP) is -0.207. The molecule has 0 fully saturated rings. The Morgan fingerprint density at radius 1 is 0.700 bits per heavy atom. The summed E-state index contributed by atoms with van der Waals surface area (Å²) in [7, 11) is 0. The zero-order chi connectivity index (χ0) is 21.9. The molecule has 8 heteroatoms. The van der Waals surface area contributed by atoms with Crippen molar-refractivity contribution in [2.75, 3.05) is 0 Å². The third-order valence-corrected chi connectivity index (χ3v) is 4.98. The molecule has 0 aliphatic heterocycles. The molecule has 30 heavy (non-hydrogen) atoms. The van der Waals surface area contributed by atoms with Gasteiger partial charge in [-0.15, -0.1) is 0 Å². The first-order valence-electron chi connectivity index (χ1n) is 11.2. The molecule has 0 aromatic heterocycles. The van der Waals surface area contributed by atoms with Gasteiger partial charge in [0, 0.05) is 6.42 Å². The number of carbonyl (C=O) groups excluding carboxylic acids is 3. The number of aliphatic hydroxyl groups excluding tert-OH is 2. The van der Waals surface area contributed by atoms with Crippen molar-refractivity contribution >= 4 is 17.9 Å². The number of hydrogen-bond acceptors (Lipinski definition) is 7. The summed E-state index contributed by atoms with van der Waals surface area (Å²) in [5, 5.41) is 28.5. The molecule has 0 radical (unpaired) electrons. The summed E-state index contributed by atoms with van der Waals surface area (Å²) in [6.45, 7) is 2.24. The van der Waals surface area contributed by atoms with Gasteiger partial charge in [-0.3, -0.25) is 4.79 Å². The molecule has 2 N–H and O–H groups in total. The van der Waals surface area contributed by atoms with E-state index in [1.807, 2.05) is 0 Å². The molecule has 0 saturated heterocycles. The van der Waals surface area contributed by atoms with Gasteiger partial charge in [-0.05, 0) is 6.42 Å². The van der Waals surface area contributed by atoms with E-state index in [0.717, 1.165) is 19.3 Å². The minimum Gasteiger partial charge on any atom is -0.547 e. The van der Waals surface area contributed by atoms with E-state index in [-0.39, 0.29) is 36.0 Å². The summed E-state index contributed by atoms with van der Waals surface area (Å²) in [6.07, 6.45) is 13.3. The molecule has 0 aromatic rings. The fraction of sp³-hybridized carbons (Fsp3) is 0.864. The van der Waals surface area contributed by atoms with Crippen molar-refractivity contribution in [3.05, 3.63) is 0 Å². The second-order valence-corrected chi connectivity index (χ2v) is 7.70. The molecule has 0 rings (SSSR count). The van der Waals surface area contributed by atoms with E-state index < -0.39 is 30.1 Å². The normalized spacial score (nSPS) is 12.6. The molecule has 0 aliphatic carbocycles. The van der Waals surface area contributed by atoms with Gasteiger partial charge in [0.15, 0.2) is 6.10 Å². The van der Waals surface area contributed by atoms with Crippen LogP contribution in [0.25, 0.3) is 0 Å². The average molecular weight is 439 g/mol. The average Bonchev–Trinajstić information content (AvgIpc) is 2.69. The van der Waals surface area contributed by atoms with Crippen LogP contribution in [0.15, 0.2) is 0 Å². The Bertz CT molecular complexity index is 457. The first-order chi connectivity index (χ1) is 13.9. The van der Waals surface area contributed by atoms with Crippen molar-refractivity contribution < 1.29 is 64.0 Å². The molecule has 0 aromatic carbocycles. The molecule has 7 nitrogen and oxygen atoms in total. The Kier molecular flexibility index (Phi) is 23.0. The van der Waals surface area contributed by atoms with Crippen LogP contribution in [-0.2, 0) is 19.1 Å². The van der Waals surface area contributed by atoms with E-state index in [1.165, 1.54) is 70.6 Å². The SMILES string of the molecule is CCCCCCCCCCCCCCCCCC(=O)OC(=O)C(O)C(O)C(=O)[O-].[Na+]. The molecule has 0 spiro atoms. The summed E-state index contributed by atoms with van der Waals surface area (Å²) in [4.78, 5) is 33.1. The number of esters is 2.